The predicted molar refractivity (Wildman–Crippen MR) is 120 cm³/mol. The van der Waals surface area contributed by atoms with Crippen molar-refractivity contribution in [3.63, 3.8) is 0 Å². The molecule has 3 heterocycles. The summed E-state index contributed by atoms with van der Waals surface area (Å²) in [6, 6.07) is 9.61. The number of phenolic OH excluding ortho intramolecular Hbond substituents is 1. The molecule has 7 heteroatoms. The van der Waals surface area contributed by atoms with Crippen LogP contribution >= 0.6 is 11.3 Å². The van der Waals surface area contributed by atoms with Gasteiger partial charge in [0.15, 0.2) is 0 Å². The molecule has 1 aliphatic heterocycles. The van der Waals surface area contributed by atoms with Crippen LogP contribution in [0.2, 0.25) is 0 Å². The van der Waals surface area contributed by atoms with E-state index in [0.717, 1.165) is 42.0 Å². The molecule has 6 nitrogen and oxygen atoms in total. The summed E-state index contributed by atoms with van der Waals surface area (Å²) < 4.78 is 7.03. The van der Waals surface area contributed by atoms with Crippen molar-refractivity contribution in [1.82, 2.24) is 15.2 Å². The number of fused-ring (bicyclic) bond motifs is 2. The summed E-state index contributed by atoms with van der Waals surface area (Å²) in [6.07, 6.45) is 2.13. The summed E-state index contributed by atoms with van der Waals surface area (Å²) in [4.78, 5) is 20.3. The van der Waals surface area contributed by atoms with Gasteiger partial charge in [-0.2, -0.15) is 0 Å². The number of piperazine rings is 1. The fourth-order valence-corrected chi connectivity index (χ4v) is 5.00. The molecule has 154 valence electrons. The first-order valence-corrected chi connectivity index (χ1v) is 11.1. The van der Waals surface area contributed by atoms with Gasteiger partial charge in [0.25, 0.3) is 0 Å². The Bertz CT molecular complexity index is 1260. The third-order valence-electron chi connectivity index (χ3n) is 5.71. The number of aryl methyl sites for hydroxylation is 1. The average molecular weight is 422 g/mol. The highest BCUT2D eigenvalue weighted by molar-refractivity contribution is 7.21. The van der Waals surface area contributed by atoms with Crippen molar-refractivity contribution in [2.24, 2.45) is 0 Å². The molecule has 0 atom stereocenters. The number of aromatic hydroxyl groups is 1. The van der Waals surface area contributed by atoms with Gasteiger partial charge in [-0.25, -0.2) is 4.98 Å². The standard InChI is InChI=1S/C23H23N3O3S/c1-2-14-11-15-21(28)17(23-25-18-5-3-4-6-19(18)30-23)13-29-22(15)16(20(14)27)12-26-9-7-24-8-10-26/h3-6,11,13,24,27H,2,7-10,12H2,1H3. The minimum Gasteiger partial charge on any atom is -0.507 e. The molecule has 1 fully saturated rings. The van der Waals surface area contributed by atoms with Crippen LogP contribution in [0.15, 0.2) is 45.8 Å². The van der Waals surface area contributed by atoms with Crippen molar-refractivity contribution >= 4 is 32.5 Å². The number of hydrogen-bond donors (Lipinski definition) is 2. The highest BCUT2D eigenvalue weighted by Gasteiger charge is 2.22. The van der Waals surface area contributed by atoms with Crippen molar-refractivity contribution in [2.75, 3.05) is 26.2 Å². The minimum atomic E-state index is -0.105. The maximum Gasteiger partial charge on any atom is 0.202 e. The Hall–Kier alpha value is -2.74. The van der Waals surface area contributed by atoms with Crippen molar-refractivity contribution in [2.45, 2.75) is 19.9 Å². The van der Waals surface area contributed by atoms with E-state index in [1.165, 1.54) is 17.6 Å². The summed E-state index contributed by atoms with van der Waals surface area (Å²) >= 11 is 1.48. The van der Waals surface area contributed by atoms with Gasteiger partial charge >= 0.3 is 0 Å². The fraction of sp³-hybridized carbons (Fsp3) is 0.304. The molecule has 2 N–H and O–H groups in total. The Morgan fingerprint density at radius 3 is 2.83 bits per heavy atom. The SMILES string of the molecule is CCc1cc2c(=O)c(-c3nc4ccccc4s3)coc2c(CN2CCNCC2)c1O. The minimum absolute atomic E-state index is 0.105. The molecular weight excluding hydrogens is 398 g/mol. The van der Waals surface area contributed by atoms with Gasteiger partial charge in [0.05, 0.1) is 26.7 Å². The van der Waals surface area contributed by atoms with Crippen LogP contribution in [0.5, 0.6) is 5.75 Å². The lowest BCUT2D eigenvalue weighted by Gasteiger charge is -2.27. The zero-order chi connectivity index (χ0) is 20.7. The second kappa shape index (κ2) is 7.83. The molecule has 2 aromatic carbocycles. The largest absolute Gasteiger partial charge is 0.507 e. The van der Waals surface area contributed by atoms with Crippen molar-refractivity contribution in [3.8, 4) is 16.3 Å². The van der Waals surface area contributed by atoms with Gasteiger partial charge in [-0.3, -0.25) is 9.69 Å². The zero-order valence-corrected chi connectivity index (χ0v) is 17.6. The van der Waals surface area contributed by atoms with Crippen LogP contribution in [-0.2, 0) is 13.0 Å². The van der Waals surface area contributed by atoms with Crippen LogP contribution in [0.25, 0.3) is 31.8 Å². The van der Waals surface area contributed by atoms with E-state index in [-0.39, 0.29) is 11.2 Å². The molecule has 0 aliphatic carbocycles. The van der Waals surface area contributed by atoms with Crippen LogP contribution in [0.1, 0.15) is 18.1 Å². The number of nitrogens with one attached hydrogen (secondary N) is 1. The lowest BCUT2D eigenvalue weighted by Crippen LogP contribution is -2.42. The van der Waals surface area contributed by atoms with Gasteiger partial charge in [-0.15, -0.1) is 11.3 Å². The van der Waals surface area contributed by atoms with E-state index in [9.17, 15) is 9.90 Å². The Kier molecular flexibility index (Phi) is 5.02. The summed E-state index contributed by atoms with van der Waals surface area (Å²) in [5, 5.41) is 15.4. The van der Waals surface area contributed by atoms with E-state index in [2.05, 4.69) is 15.2 Å². The van der Waals surface area contributed by atoms with Crippen molar-refractivity contribution in [1.29, 1.82) is 0 Å². The van der Waals surface area contributed by atoms with E-state index in [1.54, 1.807) is 6.07 Å². The molecule has 2 aromatic heterocycles. The normalized spacial score (nSPS) is 15.2. The number of thiazole rings is 1. The summed E-state index contributed by atoms with van der Waals surface area (Å²) in [5.74, 6) is 0.236. The number of aromatic nitrogens is 1. The van der Waals surface area contributed by atoms with Gasteiger partial charge in [-0.05, 0) is 30.2 Å². The summed E-state index contributed by atoms with van der Waals surface area (Å²) in [5.41, 5.74) is 3.16. The number of phenols is 1. The molecule has 1 aliphatic rings. The Morgan fingerprint density at radius 2 is 2.07 bits per heavy atom. The third-order valence-corrected chi connectivity index (χ3v) is 6.78. The van der Waals surface area contributed by atoms with E-state index in [0.29, 0.717) is 40.1 Å². The van der Waals surface area contributed by atoms with Crippen LogP contribution in [0.3, 0.4) is 0 Å². The number of nitrogens with zero attached hydrogens (tertiary/aromatic N) is 2. The molecule has 30 heavy (non-hydrogen) atoms. The molecular formula is C23H23N3O3S. The van der Waals surface area contributed by atoms with Gasteiger partial charge in [-0.1, -0.05) is 19.1 Å². The number of para-hydroxylation sites is 1. The molecule has 4 aromatic rings. The maximum absolute atomic E-state index is 13.4. The van der Waals surface area contributed by atoms with E-state index < -0.39 is 0 Å². The van der Waals surface area contributed by atoms with E-state index in [1.807, 2.05) is 31.2 Å². The molecule has 0 spiro atoms. The molecule has 0 bridgehead atoms. The number of hydrogen-bond acceptors (Lipinski definition) is 7. The van der Waals surface area contributed by atoms with Crippen LogP contribution < -0.4 is 10.7 Å². The Labute approximate surface area is 177 Å². The molecule has 0 radical (unpaired) electrons. The van der Waals surface area contributed by atoms with Crippen molar-refractivity contribution < 1.29 is 9.52 Å². The second-order valence-electron chi connectivity index (χ2n) is 7.58. The molecule has 0 amide bonds. The number of benzene rings is 2. The van der Waals surface area contributed by atoms with Gasteiger partial charge in [0.2, 0.25) is 5.43 Å². The topological polar surface area (TPSA) is 78.6 Å². The Morgan fingerprint density at radius 1 is 1.27 bits per heavy atom. The molecule has 0 unspecified atom stereocenters. The highest BCUT2D eigenvalue weighted by atomic mass is 32.1. The van der Waals surface area contributed by atoms with Gasteiger partial charge in [0, 0.05) is 32.7 Å². The zero-order valence-electron chi connectivity index (χ0n) is 16.8. The fourth-order valence-electron chi connectivity index (χ4n) is 4.04. The first kappa shape index (κ1) is 19.2. The van der Waals surface area contributed by atoms with Gasteiger partial charge < -0.3 is 14.8 Å². The second-order valence-corrected chi connectivity index (χ2v) is 8.62. The van der Waals surface area contributed by atoms with Crippen molar-refractivity contribution in [3.05, 3.63) is 57.9 Å². The lowest BCUT2D eigenvalue weighted by atomic mass is 10.0. The maximum atomic E-state index is 13.4. The lowest BCUT2D eigenvalue weighted by molar-refractivity contribution is 0.230. The molecule has 0 saturated carbocycles. The van der Waals surface area contributed by atoms with E-state index >= 15 is 0 Å². The number of rotatable bonds is 4. The third kappa shape index (κ3) is 3.29. The smallest absolute Gasteiger partial charge is 0.202 e. The average Bonchev–Trinajstić information content (AvgIpc) is 3.20. The van der Waals surface area contributed by atoms with E-state index in [4.69, 9.17) is 4.42 Å². The summed E-state index contributed by atoms with van der Waals surface area (Å²) in [7, 11) is 0. The summed E-state index contributed by atoms with van der Waals surface area (Å²) in [6.45, 7) is 6.15. The molecule has 5 rings (SSSR count). The van der Waals surface area contributed by atoms with Crippen LogP contribution in [0.4, 0.5) is 0 Å². The first-order valence-electron chi connectivity index (χ1n) is 10.2. The van der Waals surface area contributed by atoms with Gasteiger partial charge in [0.1, 0.15) is 22.6 Å². The Balaban J connectivity index is 1.67. The highest BCUT2D eigenvalue weighted by Crippen LogP contribution is 2.34. The predicted octanol–water partition coefficient (Wildman–Crippen LogP) is 3.74. The molecule has 1 saturated heterocycles. The first-order chi connectivity index (χ1) is 14.7. The monoisotopic (exact) mass is 421 g/mol. The van der Waals surface area contributed by atoms with Crippen LogP contribution in [-0.4, -0.2) is 41.2 Å². The van der Waals surface area contributed by atoms with Crippen LogP contribution in [0, 0.1) is 0 Å². The quantitative estimate of drug-likeness (QED) is 0.523.